The van der Waals surface area contributed by atoms with Crippen LogP contribution >= 0.6 is 0 Å². The van der Waals surface area contributed by atoms with Gasteiger partial charge in [-0.25, -0.2) is 23.9 Å². The number of anilines is 1. The molecule has 3 amide bonds. The maximum Gasteiger partial charge on any atom is 0.407 e. The zero-order valence-electron chi connectivity index (χ0n) is 31.2. The van der Waals surface area contributed by atoms with E-state index >= 15 is 4.39 Å². The lowest BCUT2D eigenvalue weighted by Gasteiger charge is -2.32. The van der Waals surface area contributed by atoms with Crippen LogP contribution in [0.2, 0.25) is 0 Å². The monoisotopic (exact) mass is 737 g/mol. The molecule has 284 valence electrons. The van der Waals surface area contributed by atoms with E-state index in [1.54, 1.807) is 25.1 Å². The number of imidazole rings is 2. The summed E-state index contributed by atoms with van der Waals surface area (Å²) in [7, 11) is 0. The first-order valence-corrected chi connectivity index (χ1v) is 18.8. The van der Waals surface area contributed by atoms with Crippen LogP contribution in [0.4, 0.5) is 14.9 Å². The van der Waals surface area contributed by atoms with Crippen LogP contribution in [0.1, 0.15) is 88.6 Å². The van der Waals surface area contributed by atoms with Crippen LogP contribution in [0.25, 0.3) is 33.2 Å². The van der Waals surface area contributed by atoms with Crippen molar-refractivity contribution in [2.24, 2.45) is 17.6 Å². The highest BCUT2D eigenvalue weighted by atomic mass is 19.1. The SMILES string of the molecule is Cc1c(-c2ccc(C[C@H](N)C(=O)N(C(=O)C3CCC(CNC(=O)OC(C)(C)C)CC3)c3ccc4[nH]c(=O)[nH]c4c3)cc2)cc2[nH]c(C3CCC3)nc2c1F. The number of aromatic nitrogens is 4. The van der Waals surface area contributed by atoms with E-state index in [1.807, 2.05) is 51.1 Å². The summed E-state index contributed by atoms with van der Waals surface area (Å²) in [5.74, 6) is -0.306. The van der Waals surface area contributed by atoms with Gasteiger partial charge in [0.1, 0.15) is 16.9 Å². The van der Waals surface area contributed by atoms with Crippen molar-refractivity contribution in [3.8, 4) is 11.1 Å². The molecule has 5 aromatic rings. The Morgan fingerprint density at radius 3 is 2.33 bits per heavy atom. The van der Waals surface area contributed by atoms with Gasteiger partial charge in [-0.3, -0.25) is 9.59 Å². The molecular formula is C41H48FN7O5. The van der Waals surface area contributed by atoms with Crippen molar-refractivity contribution in [1.82, 2.24) is 25.3 Å². The van der Waals surface area contributed by atoms with E-state index in [4.69, 9.17) is 10.5 Å². The molecule has 0 unspecified atom stereocenters. The Kier molecular flexibility index (Phi) is 10.2. The van der Waals surface area contributed by atoms with Gasteiger partial charge >= 0.3 is 11.8 Å². The molecule has 0 radical (unpaired) electrons. The molecule has 13 heteroatoms. The molecule has 3 aromatic carbocycles. The highest BCUT2D eigenvalue weighted by molar-refractivity contribution is 6.17. The predicted molar refractivity (Wildman–Crippen MR) is 206 cm³/mol. The molecule has 2 aliphatic rings. The largest absolute Gasteiger partial charge is 0.444 e. The molecule has 0 spiro atoms. The topological polar surface area (TPSA) is 179 Å². The Hall–Kier alpha value is -5.30. The van der Waals surface area contributed by atoms with Crippen molar-refractivity contribution in [3.63, 3.8) is 0 Å². The zero-order chi connectivity index (χ0) is 38.3. The minimum absolute atomic E-state index is 0.160. The summed E-state index contributed by atoms with van der Waals surface area (Å²) in [5, 5.41) is 2.83. The molecule has 2 aliphatic carbocycles. The second-order valence-corrected chi connectivity index (χ2v) is 15.9. The molecule has 2 aromatic heterocycles. The van der Waals surface area contributed by atoms with Crippen LogP contribution in [0, 0.1) is 24.6 Å². The van der Waals surface area contributed by atoms with Gasteiger partial charge in [0.25, 0.3) is 5.91 Å². The van der Waals surface area contributed by atoms with Gasteiger partial charge in [0.2, 0.25) is 5.91 Å². The average Bonchev–Trinajstić information content (AvgIpc) is 3.70. The number of benzene rings is 3. The number of fused-ring (bicyclic) bond motifs is 2. The lowest BCUT2D eigenvalue weighted by Crippen LogP contribution is -2.50. The highest BCUT2D eigenvalue weighted by Gasteiger charge is 2.36. The van der Waals surface area contributed by atoms with Crippen molar-refractivity contribution < 1.29 is 23.5 Å². The second kappa shape index (κ2) is 14.8. The maximum absolute atomic E-state index is 15.5. The second-order valence-electron chi connectivity index (χ2n) is 15.9. The number of ether oxygens (including phenoxy) is 1. The molecule has 1 atom stereocenters. The molecular weight excluding hydrogens is 689 g/mol. The van der Waals surface area contributed by atoms with E-state index < -0.39 is 35.3 Å². The molecule has 2 saturated carbocycles. The lowest BCUT2D eigenvalue weighted by atomic mass is 9.81. The number of nitrogens with one attached hydrogen (secondary N) is 4. The van der Waals surface area contributed by atoms with Gasteiger partial charge in [-0.05, 0) is 125 Å². The summed E-state index contributed by atoms with van der Waals surface area (Å²) >= 11 is 0. The highest BCUT2D eigenvalue weighted by Crippen LogP contribution is 2.38. The predicted octanol–water partition coefficient (Wildman–Crippen LogP) is 6.88. The van der Waals surface area contributed by atoms with Crippen molar-refractivity contribution in [2.75, 3.05) is 11.4 Å². The molecule has 54 heavy (non-hydrogen) atoms. The van der Waals surface area contributed by atoms with E-state index in [0.29, 0.717) is 71.5 Å². The van der Waals surface area contributed by atoms with E-state index in [0.717, 1.165) is 46.7 Å². The number of rotatable bonds is 9. The third-order valence-electron chi connectivity index (χ3n) is 10.8. The van der Waals surface area contributed by atoms with E-state index in [-0.39, 0.29) is 24.1 Å². The molecule has 0 aliphatic heterocycles. The van der Waals surface area contributed by atoms with Gasteiger partial charge in [-0.1, -0.05) is 30.7 Å². The number of H-pyrrole nitrogens is 3. The Bertz CT molecular complexity index is 2260. The van der Waals surface area contributed by atoms with Crippen molar-refractivity contribution in [1.29, 1.82) is 0 Å². The Morgan fingerprint density at radius 2 is 1.67 bits per heavy atom. The number of halogens is 1. The number of imide groups is 1. The molecule has 7 rings (SSSR count). The number of hydrogen-bond acceptors (Lipinski definition) is 7. The Morgan fingerprint density at radius 1 is 0.963 bits per heavy atom. The fourth-order valence-electron chi connectivity index (χ4n) is 7.59. The fraction of sp³-hybridized carbons (Fsp3) is 0.439. The molecule has 6 N–H and O–H groups in total. The van der Waals surface area contributed by atoms with Crippen LogP contribution in [0.5, 0.6) is 0 Å². The number of nitrogens with two attached hydrogens (primary N) is 1. The molecule has 12 nitrogen and oxygen atoms in total. The average molecular weight is 738 g/mol. The van der Waals surface area contributed by atoms with Gasteiger partial charge in [0.05, 0.1) is 28.3 Å². The van der Waals surface area contributed by atoms with E-state index in [1.165, 1.54) is 0 Å². The van der Waals surface area contributed by atoms with Gasteiger partial charge < -0.3 is 30.7 Å². The number of carbonyl (C=O) groups is 3. The van der Waals surface area contributed by atoms with Crippen LogP contribution in [0.3, 0.4) is 0 Å². The summed E-state index contributed by atoms with van der Waals surface area (Å²) in [5.41, 5.74) is 10.8. The molecule has 0 saturated heterocycles. The van der Waals surface area contributed by atoms with Gasteiger partial charge in [-0.15, -0.1) is 0 Å². The number of hydrogen-bond donors (Lipinski definition) is 5. The first-order valence-electron chi connectivity index (χ1n) is 18.8. The van der Waals surface area contributed by atoms with Crippen LogP contribution in [0.15, 0.2) is 53.3 Å². The fourth-order valence-corrected chi connectivity index (χ4v) is 7.59. The molecule has 0 bridgehead atoms. The quantitative estimate of drug-likeness (QED) is 0.109. The lowest BCUT2D eigenvalue weighted by molar-refractivity contribution is -0.130. The normalized spacial score (nSPS) is 18.3. The van der Waals surface area contributed by atoms with Gasteiger partial charge in [0, 0.05) is 18.4 Å². The van der Waals surface area contributed by atoms with Crippen molar-refractivity contribution in [3.05, 3.63) is 81.8 Å². The number of aromatic amines is 3. The first kappa shape index (κ1) is 37.0. The number of amides is 3. The molecule has 2 heterocycles. The summed E-state index contributed by atoms with van der Waals surface area (Å²) < 4.78 is 20.9. The third kappa shape index (κ3) is 7.82. The zero-order valence-corrected chi connectivity index (χ0v) is 31.2. The molecule has 2 fully saturated rings. The van der Waals surface area contributed by atoms with E-state index in [9.17, 15) is 19.2 Å². The first-order chi connectivity index (χ1) is 25.7. The smallest absolute Gasteiger partial charge is 0.407 e. The number of nitrogens with zero attached hydrogens (tertiary/aromatic N) is 2. The minimum Gasteiger partial charge on any atom is -0.444 e. The standard InChI is InChI=1S/C41H48FN7O5/c1-22-29(20-33-35(34(22)42)48-36(45-33)26-6-5-7-26)25-12-8-23(9-13-25)18-30(43)38(51)49(28-16-17-31-32(19-28)47-39(52)46-31)37(50)27-14-10-24(11-15-27)21-44-40(53)54-41(2,3)4/h8-9,12-13,16-17,19-20,24,26-27,30H,5-7,10-11,14-15,18,21,43H2,1-4H3,(H,44,53)(H,45,48)(H2,46,47,52)/t24?,27?,30-/m0/s1. The maximum atomic E-state index is 15.5. The number of alkyl carbamates (subject to hydrolysis) is 1. The third-order valence-corrected chi connectivity index (χ3v) is 10.8. The summed E-state index contributed by atoms with van der Waals surface area (Å²) in [6.07, 6.45) is 5.42. The summed E-state index contributed by atoms with van der Waals surface area (Å²) in [6, 6.07) is 13.3. The van der Waals surface area contributed by atoms with Crippen LogP contribution in [-0.4, -0.2) is 56.0 Å². The van der Waals surface area contributed by atoms with Crippen LogP contribution in [-0.2, 0) is 20.7 Å². The summed E-state index contributed by atoms with van der Waals surface area (Å²) in [6.45, 7) is 7.61. The summed E-state index contributed by atoms with van der Waals surface area (Å²) in [4.78, 5) is 67.1. The Labute approximate surface area is 312 Å². The van der Waals surface area contributed by atoms with Gasteiger partial charge in [0.15, 0.2) is 5.82 Å². The van der Waals surface area contributed by atoms with Crippen LogP contribution < -0.4 is 21.6 Å². The van der Waals surface area contributed by atoms with Crippen molar-refractivity contribution in [2.45, 2.75) is 96.6 Å². The Balaban J connectivity index is 1.06. The van der Waals surface area contributed by atoms with Gasteiger partial charge in [-0.2, -0.15) is 0 Å². The minimum atomic E-state index is -1.06. The van der Waals surface area contributed by atoms with E-state index in [2.05, 4.69) is 25.3 Å². The number of carbonyl (C=O) groups excluding carboxylic acids is 3. The van der Waals surface area contributed by atoms with Crippen molar-refractivity contribution >= 4 is 45.7 Å².